The average molecular weight is 290 g/mol. The molecule has 1 fully saturated rings. The van der Waals surface area contributed by atoms with E-state index in [1.165, 1.54) is 0 Å². The molecule has 0 radical (unpaired) electrons. The lowest BCUT2D eigenvalue weighted by molar-refractivity contribution is 0.274. The second kappa shape index (κ2) is 5.42. The van der Waals surface area contributed by atoms with E-state index in [9.17, 15) is 8.42 Å². The third kappa shape index (κ3) is 2.51. The van der Waals surface area contributed by atoms with Crippen molar-refractivity contribution in [1.29, 1.82) is 0 Å². The monoisotopic (exact) mass is 290 g/mol. The number of piperidine rings is 1. The molecule has 1 aromatic carbocycles. The standard InChI is InChI=1S/C15H18N2O2S/c18-20(19,15-6-2-1-3-7-15)17-12-8-14(9-13-17)16-10-4-5-11-16/h1-7,10-11,14H,8-9,12-13H2. The van der Waals surface area contributed by atoms with Crippen LogP contribution in [0.1, 0.15) is 18.9 Å². The predicted octanol–water partition coefficient (Wildman–Crippen LogP) is 2.51. The van der Waals surface area contributed by atoms with Crippen LogP contribution >= 0.6 is 0 Å². The van der Waals surface area contributed by atoms with E-state index < -0.39 is 10.0 Å². The van der Waals surface area contributed by atoms with E-state index in [4.69, 9.17) is 0 Å². The van der Waals surface area contributed by atoms with Crippen LogP contribution in [0, 0.1) is 0 Å². The Hall–Kier alpha value is -1.59. The summed E-state index contributed by atoms with van der Waals surface area (Å²) in [6.07, 6.45) is 5.82. The van der Waals surface area contributed by atoms with Crippen LogP contribution in [-0.2, 0) is 10.0 Å². The Kier molecular flexibility index (Phi) is 3.63. The Balaban J connectivity index is 1.72. The molecule has 0 unspecified atom stereocenters. The molecular formula is C15H18N2O2S. The van der Waals surface area contributed by atoms with Gasteiger partial charge in [0.25, 0.3) is 0 Å². The fourth-order valence-electron chi connectivity index (χ4n) is 2.71. The third-order valence-electron chi connectivity index (χ3n) is 3.85. The highest BCUT2D eigenvalue weighted by atomic mass is 32.2. The van der Waals surface area contributed by atoms with Gasteiger partial charge in [-0.3, -0.25) is 0 Å². The van der Waals surface area contributed by atoms with Crippen molar-refractivity contribution in [3.8, 4) is 0 Å². The minimum atomic E-state index is -3.33. The molecule has 1 aliphatic heterocycles. The highest BCUT2D eigenvalue weighted by Crippen LogP contribution is 2.26. The largest absolute Gasteiger partial charge is 0.351 e. The molecule has 1 aliphatic rings. The van der Waals surface area contributed by atoms with E-state index in [2.05, 4.69) is 4.57 Å². The van der Waals surface area contributed by atoms with Gasteiger partial charge in [0.05, 0.1) is 4.90 Å². The van der Waals surface area contributed by atoms with Gasteiger partial charge in [-0.1, -0.05) is 18.2 Å². The zero-order valence-corrected chi connectivity index (χ0v) is 12.0. The molecular weight excluding hydrogens is 272 g/mol. The number of hydrogen-bond acceptors (Lipinski definition) is 2. The summed E-state index contributed by atoms with van der Waals surface area (Å²) in [4.78, 5) is 0.388. The van der Waals surface area contributed by atoms with Gasteiger partial charge in [-0.05, 0) is 37.1 Å². The highest BCUT2D eigenvalue weighted by Gasteiger charge is 2.29. The molecule has 0 bridgehead atoms. The maximum atomic E-state index is 12.5. The lowest BCUT2D eigenvalue weighted by Crippen LogP contribution is -2.38. The summed E-state index contributed by atoms with van der Waals surface area (Å²) in [5, 5.41) is 0. The molecule has 0 amide bonds. The molecule has 0 N–H and O–H groups in total. The quantitative estimate of drug-likeness (QED) is 0.871. The smallest absolute Gasteiger partial charge is 0.243 e. The van der Waals surface area contributed by atoms with Gasteiger partial charge in [-0.25, -0.2) is 8.42 Å². The average Bonchev–Trinajstić information content (AvgIpc) is 3.02. The lowest BCUT2D eigenvalue weighted by Gasteiger charge is -2.32. The molecule has 4 nitrogen and oxygen atoms in total. The molecule has 0 aliphatic carbocycles. The van der Waals surface area contributed by atoms with Crippen LogP contribution in [0.4, 0.5) is 0 Å². The summed E-state index contributed by atoms with van der Waals surface area (Å²) >= 11 is 0. The summed E-state index contributed by atoms with van der Waals surface area (Å²) < 4.78 is 28.8. The van der Waals surface area contributed by atoms with Crippen molar-refractivity contribution in [1.82, 2.24) is 8.87 Å². The van der Waals surface area contributed by atoms with E-state index in [1.807, 2.05) is 30.6 Å². The van der Waals surface area contributed by atoms with Crippen molar-refractivity contribution in [3.05, 3.63) is 54.9 Å². The number of rotatable bonds is 3. The molecule has 5 heteroatoms. The first kappa shape index (κ1) is 13.4. The lowest BCUT2D eigenvalue weighted by atomic mass is 10.1. The number of benzene rings is 1. The van der Waals surface area contributed by atoms with Crippen molar-refractivity contribution in [2.45, 2.75) is 23.8 Å². The van der Waals surface area contributed by atoms with E-state index in [-0.39, 0.29) is 0 Å². The number of sulfonamides is 1. The number of nitrogens with zero attached hydrogens (tertiary/aromatic N) is 2. The molecule has 106 valence electrons. The van der Waals surface area contributed by atoms with Crippen molar-refractivity contribution >= 4 is 10.0 Å². The first-order chi connectivity index (χ1) is 9.68. The summed E-state index contributed by atoms with van der Waals surface area (Å²) in [6, 6.07) is 13.1. The maximum Gasteiger partial charge on any atom is 0.243 e. The molecule has 1 aromatic heterocycles. The van der Waals surface area contributed by atoms with Crippen molar-refractivity contribution in [2.75, 3.05) is 13.1 Å². The first-order valence-corrected chi connectivity index (χ1v) is 8.29. The molecule has 2 aromatic rings. The molecule has 20 heavy (non-hydrogen) atoms. The number of hydrogen-bond donors (Lipinski definition) is 0. The Morgan fingerprint density at radius 1 is 0.900 bits per heavy atom. The van der Waals surface area contributed by atoms with E-state index in [0.717, 1.165) is 12.8 Å². The minimum absolute atomic E-state index is 0.388. The van der Waals surface area contributed by atoms with Crippen LogP contribution in [0.5, 0.6) is 0 Å². The fourth-order valence-corrected chi connectivity index (χ4v) is 4.20. The Bertz CT molecular complexity index is 642. The van der Waals surface area contributed by atoms with E-state index >= 15 is 0 Å². The topological polar surface area (TPSA) is 42.3 Å². The molecule has 1 saturated heterocycles. The molecule has 2 heterocycles. The van der Waals surface area contributed by atoms with Crippen LogP contribution in [0.2, 0.25) is 0 Å². The molecule has 3 rings (SSSR count). The predicted molar refractivity (Wildman–Crippen MR) is 77.9 cm³/mol. The zero-order valence-electron chi connectivity index (χ0n) is 11.2. The molecule has 0 saturated carbocycles. The van der Waals surface area contributed by atoms with Crippen LogP contribution in [-0.4, -0.2) is 30.4 Å². The Morgan fingerprint density at radius 3 is 2.10 bits per heavy atom. The van der Waals surface area contributed by atoms with Crippen molar-refractivity contribution < 1.29 is 8.42 Å². The third-order valence-corrected chi connectivity index (χ3v) is 5.77. The van der Waals surface area contributed by atoms with Crippen LogP contribution in [0.3, 0.4) is 0 Å². The van der Waals surface area contributed by atoms with E-state index in [1.54, 1.807) is 28.6 Å². The number of aromatic nitrogens is 1. The normalized spacial score (nSPS) is 18.2. The van der Waals surface area contributed by atoms with Crippen molar-refractivity contribution in [3.63, 3.8) is 0 Å². The van der Waals surface area contributed by atoms with Crippen LogP contribution in [0.15, 0.2) is 59.8 Å². The SMILES string of the molecule is O=S(=O)(c1ccccc1)N1CCC(n2cccc2)CC1. The van der Waals surface area contributed by atoms with Gasteiger partial charge in [-0.15, -0.1) is 0 Å². The fraction of sp³-hybridized carbons (Fsp3) is 0.333. The van der Waals surface area contributed by atoms with Gasteiger partial charge in [-0.2, -0.15) is 4.31 Å². The van der Waals surface area contributed by atoms with Gasteiger partial charge < -0.3 is 4.57 Å². The summed E-state index contributed by atoms with van der Waals surface area (Å²) in [7, 11) is -3.33. The second-order valence-electron chi connectivity index (χ2n) is 5.08. The van der Waals surface area contributed by atoms with Gasteiger partial charge in [0, 0.05) is 31.5 Å². The second-order valence-corrected chi connectivity index (χ2v) is 7.02. The molecule has 0 atom stereocenters. The minimum Gasteiger partial charge on any atom is -0.351 e. The van der Waals surface area contributed by atoms with Gasteiger partial charge >= 0.3 is 0 Å². The highest BCUT2D eigenvalue weighted by molar-refractivity contribution is 7.89. The summed E-state index contributed by atoms with van der Waals surface area (Å²) in [6.45, 7) is 1.17. The Morgan fingerprint density at radius 2 is 1.50 bits per heavy atom. The maximum absolute atomic E-state index is 12.5. The Labute approximate surface area is 119 Å². The summed E-state index contributed by atoms with van der Waals surface area (Å²) in [5.41, 5.74) is 0. The van der Waals surface area contributed by atoms with Crippen molar-refractivity contribution in [2.24, 2.45) is 0 Å². The first-order valence-electron chi connectivity index (χ1n) is 6.85. The van der Waals surface area contributed by atoms with Gasteiger partial charge in [0.2, 0.25) is 10.0 Å². The summed E-state index contributed by atoms with van der Waals surface area (Å²) in [5.74, 6) is 0. The van der Waals surface area contributed by atoms with E-state index in [0.29, 0.717) is 24.0 Å². The van der Waals surface area contributed by atoms with Crippen LogP contribution in [0.25, 0.3) is 0 Å². The van der Waals surface area contributed by atoms with Gasteiger partial charge in [0.1, 0.15) is 0 Å². The van der Waals surface area contributed by atoms with Gasteiger partial charge in [0.15, 0.2) is 0 Å². The molecule has 0 spiro atoms. The van der Waals surface area contributed by atoms with Crippen LogP contribution < -0.4 is 0 Å². The zero-order chi connectivity index (χ0) is 14.0.